The Morgan fingerprint density at radius 2 is 0.780 bits per heavy atom. The minimum atomic E-state index is 0.655. The summed E-state index contributed by atoms with van der Waals surface area (Å²) in [5.41, 5.74) is 7.87. The van der Waals surface area contributed by atoms with E-state index in [9.17, 15) is 5.26 Å². The zero-order valence-corrected chi connectivity index (χ0v) is 27.1. The molecule has 0 unspecified atom stereocenters. The molecule has 0 aliphatic heterocycles. The highest BCUT2D eigenvalue weighted by molar-refractivity contribution is 6.21. The fourth-order valence-electron chi connectivity index (χ4n) is 8.00. The smallest absolute Gasteiger partial charge is 0.0998 e. The van der Waals surface area contributed by atoms with E-state index in [0.717, 1.165) is 55.2 Å². The number of nitriles is 1. The first kappa shape index (κ1) is 28.2. The first-order valence-electron chi connectivity index (χ1n) is 16.9. The van der Waals surface area contributed by atoms with Crippen LogP contribution < -0.4 is 0 Å². The summed E-state index contributed by atoms with van der Waals surface area (Å²) in [4.78, 5) is 5.57. The monoisotopic (exact) mass is 632 g/mol. The van der Waals surface area contributed by atoms with Crippen molar-refractivity contribution in [3.63, 3.8) is 0 Å². The number of nitrogens with zero attached hydrogens (tertiary/aromatic N) is 2. The second-order valence-electron chi connectivity index (χ2n) is 13.0. The van der Waals surface area contributed by atoms with Gasteiger partial charge in [0, 0.05) is 21.9 Å². The van der Waals surface area contributed by atoms with E-state index < -0.39 is 0 Å². The van der Waals surface area contributed by atoms with Gasteiger partial charge in [-0.3, -0.25) is 0 Å². The summed E-state index contributed by atoms with van der Waals surface area (Å²) in [6, 6.07) is 62.7. The Morgan fingerprint density at radius 1 is 0.340 bits per heavy atom. The van der Waals surface area contributed by atoms with Crippen molar-refractivity contribution in [2.24, 2.45) is 0 Å². The van der Waals surface area contributed by atoms with Gasteiger partial charge in [-0.15, -0.1) is 0 Å². The van der Waals surface area contributed by atoms with Crippen molar-refractivity contribution in [1.29, 1.82) is 5.26 Å². The SMILES string of the molecule is N#Cc1ccccc1-c1cc2c(-c3cc4ccccc4c4ccccc34)cc(-c3cc4ccccc4c4ccccc34)nc2c2ccccc12. The number of benzene rings is 9. The predicted molar refractivity (Wildman–Crippen MR) is 210 cm³/mol. The average Bonchev–Trinajstić information content (AvgIpc) is 3.19. The molecule has 230 valence electrons. The van der Waals surface area contributed by atoms with Gasteiger partial charge in [0.05, 0.1) is 22.8 Å². The number of rotatable bonds is 3. The first-order chi connectivity index (χ1) is 24.8. The van der Waals surface area contributed by atoms with E-state index in [2.05, 4.69) is 158 Å². The quantitative estimate of drug-likeness (QED) is 0.182. The van der Waals surface area contributed by atoms with Crippen LogP contribution in [0.2, 0.25) is 0 Å². The van der Waals surface area contributed by atoms with Crippen LogP contribution in [0.25, 0.3) is 98.3 Å². The van der Waals surface area contributed by atoms with E-state index in [1.807, 2.05) is 18.2 Å². The summed E-state index contributed by atoms with van der Waals surface area (Å²) in [6.07, 6.45) is 0. The highest BCUT2D eigenvalue weighted by atomic mass is 14.7. The van der Waals surface area contributed by atoms with Crippen molar-refractivity contribution in [1.82, 2.24) is 4.98 Å². The van der Waals surface area contributed by atoms with Gasteiger partial charge in [-0.2, -0.15) is 5.26 Å². The maximum Gasteiger partial charge on any atom is 0.0998 e. The third-order valence-corrected chi connectivity index (χ3v) is 10.3. The zero-order chi connectivity index (χ0) is 33.2. The highest BCUT2D eigenvalue weighted by Gasteiger charge is 2.20. The van der Waals surface area contributed by atoms with Crippen LogP contribution in [-0.2, 0) is 0 Å². The van der Waals surface area contributed by atoms with E-state index in [-0.39, 0.29) is 0 Å². The Hall–Kier alpha value is -6.82. The topological polar surface area (TPSA) is 36.7 Å². The Kier molecular flexibility index (Phi) is 6.28. The Bertz CT molecular complexity index is 3060. The van der Waals surface area contributed by atoms with E-state index in [1.165, 1.54) is 43.1 Å². The standard InChI is InChI=1S/C48H28N2/c49-29-32-15-3-6-18-35(32)43-27-46-44(42-25-30-13-1-4-16-33(30)36-19-7-9-21-38(36)42)28-47(50-48(46)41-24-12-11-23-40(41)43)45-26-31-14-2-5-17-34(31)37-20-8-10-22-39(37)45/h1-28H. The van der Waals surface area contributed by atoms with Crippen LogP contribution in [0.4, 0.5) is 0 Å². The first-order valence-corrected chi connectivity index (χ1v) is 16.9. The van der Waals surface area contributed by atoms with Crippen LogP contribution >= 0.6 is 0 Å². The molecule has 0 saturated carbocycles. The molecule has 0 aliphatic rings. The number of aromatic nitrogens is 1. The second kappa shape index (κ2) is 11.1. The molecule has 0 amide bonds. The summed E-state index contributed by atoms with van der Waals surface area (Å²) in [7, 11) is 0. The molecule has 0 N–H and O–H groups in total. The van der Waals surface area contributed by atoms with Gasteiger partial charge in [0.25, 0.3) is 0 Å². The molecular weight excluding hydrogens is 605 g/mol. The highest BCUT2D eigenvalue weighted by Crippen LogP contribution is 2.45. The number of hydrogen-bond donors (Lipinski definition) is 0. The third kappa shape index (κ3) is 4.24. The summed E-state index contributed by atoms with van der Waals surface area (Å²) >= 11 is 0. The maximum atomic E-state index is 10.2. The summed E-state index contributed by atoms with van der Waals surface area (Å²) in [5, 5.41) is 23.0. The molecule has 0 radical (unpaired) electrons. The van der Waals surface area contributed by atoms with Crippen LogP contribution in [0.5, 0.6) is 0 Å². The fourth-order valence-corrected chi connectivity index (χ4v) is 8.00. The molecule has 0 fully saturated rings. The molecule has 0 saturated heterocycles. The molecule has 0 atom stereocenters. The lowest BCUT2D eigenvalue weighted by Gasteiger charge is -2.19. The maximum absolute atomic E-state index is 10.2. The average molecular weight is 633 g/mol. The van der Waals surface area contributed by atoms with Crippen LogP contribution in [0.3, 0.4) is 0 Å². The Labute approximate surface area is 289 Å². The molecular formula is C48H28N2. The van der Waals surface area contributed by atoms with Gasteiger partial charge < -0.3 is 0 Å². The van der Waals surface area contributed by atoms with Gasteiger partial charge in [0.1, 0.15) is 0 Å². The van der Waals surface area contributed by atoms with Crippen LogP contribution in [0, 0.1) is 11.3 Å². The van der Waals surface area contributed by atoms with E-state index in [0.29, 0.717) is 5.56 Å². The summed E-state index contributed by atoms with van der Waals surface area (Å²) in [5.74, 6) is 0. The fraction of sp³-hybridized carbons (Fsp3) is 0. The molecule has 1 heterocycles. The summed E-state index contributed by atoms with van der Waals surface area (Å²) < 4.78 is 0. The van der Waals surface area contributed by atoms with Gasteiger partial charge in [-0.1, -0.05) is 140 Å². The van der Waals surface area contributed by atoms with Crippen molar-refractivity contribution in [2.45, 2.75) is 0 Å². The lowest BCUT2D eigenvalue weighted by Crippen LogP contribution is -1.95. The molecule has 0 bridgehead atoms. The lowest BCUT2D eigenvalue weighted by molar-refractivity contribution is 1.42. The zero-order valence-electron chi connectivity index (χ0n) is 27.1. The molecule has 9 aromatic carbocycles. The number of fused-ring (bicyclic) bond motifs is 9. The Balaban J connectivity index is 1.41. The number of pyridine rings is 1. The molecule has 0 spiro atoms. The molecule has 50 heavy (non-hydrogen) atoms. The van der Waals surface area contributed by atoms with Crippen molar-refractivity contribution >= 4 is 64.8 Å². The molecule has 0 aliphatic carbocycles. The Morgan fingerprint density at radius 3 is 1.42 bits per heavy atom. The van der Waals surface area contributed by atoms with Crippen molar-refractivity contribution < 1.29 is 0 Å². The predicted octanol–water partition coefficient (Wildman–Crippen LogP) is 12.9. The van der Waals surface area contributed by atoms with Crippen LogP contribution in [0.15, 0.2) is 170 Å². The molecule has 10 aromatic rings. The minimum absolute atomic E-state index is 0.655. The molecule has 10 rings (SSSR count). The van der Waals surface area contributed by atoms with Gasteiger partial charge in [-0.25, -0.2) is 4.98 Å². The number of hydrogen-bond acceptors (Lipinski definition) is 2. The largest absolute Gasteiger partial charge is 0.247 e. The van der Waals surface area contributed by atoms with Gasteiger partial charge in [-0.05, 0) is 95.5 Å². The second-order valence-corrected chi connectivity index (χ2v) is 13.0. The van der Waals surface area contributed by atoms with Crippen molar-refractivity contribution in [3.05, 3.63) is 175 Å². The van der Waals surface area contributed by atoms with Gasteiger partial charge in [0.2, 0.25) is 0 Å². The molecule has 2 nitrogen and oxygen atoms in total. The van der Waals surface area contributed by atoms with E-state index in [1.54, 1.807) is 0 Å². The van der Waals surface area contributed by atoms with Gasteiger partial charge >= 0.3 is 0 Å². The van der Waals surface area contributed by atoms with Crippen molar-refractivity contribution in [2.75, 3.05) is 0 Å². The lowest BCUT2D eigenvalue weighted by atomic mass is 9.87. The van der Waals surface area contributed by atoms with Crippen molar-refractivity contribution in [3.8, 4) is 39.6 Å². The van der Waals surface area contributed by atoms with Crippen LogP contribution in [0.1, 0.15) is 5.56 Å². The molecule has 1 aromatic heterocycles. The van der Waals surface area contributed by atoms with Crippen LogP contribution in [-0.4, -0.2) is 4.98 Å². The molecule has 2 heteroatoms. The van der Waals surface area contributed by atoms with E-state index >= 15 is 0 Å². The normalized spacial score (nSPS) is 11.6. The summed E-state index contributed by atoms with van der Waals surface area (Å²) in [6.45, 7) is 0. The third-order valence-electron chi connectivity index (χ3n) is 10.3. The van der Waals surface area contributed by atoms with Gasteiger partial charge in [0.15, 0.2) is 0 Å². The van der Waals surface area contributed by atoms with E-state index in [4.69, 9.17) is 4.98 Å². The minimum Gasteiger partial charge on any atom is -0.247 e.